The van der Waals surface area contributed by atoms with Crippen LogP contribution in [0.4, 0.5) is 11.4 Å². The molecule has 1 amide bonds. The third-order valence-corrected chi connectivity index (χ3v) is 8.28. The summed E-state index contributed by atoms with van der Waals surface area (Å²) < 4.78 is 34.5. The van der Waals surface area contributed by atoms with Crippen molar-refractivity contribution in [2.45, 2.75) is 78.2 Å². The van der Waals surface area contributed by atoms with Crippen LogP contribution < -0.4 is 30.9 Å². The maximum atomic E-state index is 13.6. The van der Waals surface area contributed by atoms with Crippen LogP contribution in [-0.4, -0.2) is 37.7 Å². The first-order chi connectivity index (χ1) is 20.0. The number of imidazole rings is 1. The molecule has 7 N–H and O–H groups in total. The van der Waals surface area contributed by atoms with E-state index in [-0.39, 0.29) is 34.7 Å². The summed E-state index contributed by atoms with van der Waals surface area (Å²) in [6.07, 6.45) is 11.2. The van der Waals surface area contributed by atoms with Gasteiger partial charge < -0.3 is 15.8 Å². The van der Waals surface area contributed by atoms with Crippen molar-refractivity contribution in [3.05, 3.63) is 65.0 Å². The number of ether oxygens (including phenoxy) is 1. The maximum Gasteiger partial charge on any atom is 0.258 e. The van der Waals surface area contributed by atoms with Gasteiger partial charge in [-0.15, -0.1) is 0 Å². The Labute approximate surface area is 255 Å². The van der Waals surface area contributed by atoms with Gasteiger partial charge in [0.25, 0.3) is 11.7 Å². The Balaban J connectivity index is 1.63. The predicted molar refractivity (Wildman–Crippen MR) is 170 cm³/mol. The highest BCUT2D eigenvalue weighted by molar-refractivity contribution is 7.92. The Morgan fingerprint density at radius 1 is 1.23 bits per heavy atom. The summed E-state index contributed by atoms with van der Waals surface area (Å²) in [7, 11) is -2.17. The molecule has 1 atom stereocenters. The molecular weight excluding hydrogens is 566 g/mol. The Kier molecular flexibility index (Phi) is 9.03. The Bertz CT molecular complexity index is 1590. The number of anilines is 2. The minimum Gasteiger partial charge on any atom is -0.492 e. The minimum atomic E-state index is -3.60. The number of aromatic amines is 1. The maximum absolute atomic E-state index is 13.6. The van der Waals surface area contributed by atoms with E-state index in [4.69, 9.17) is 16.3 Å². The molecule has 0 radical (unpaired) electrons. The fourth-order valence-corrected chi connectivity index (χ4v) is 5.82. The molecule has 0 bridgehead atoms. The van der Waals surface area contributed by atoms with Crippen LogP contribution >= 0.6 is 0 Å². The first kappa shape index (κ1) is 32.2. The molecule has 1 saturated carbocycles. The van der Waals surface area contributed by atoms with Gasteiger partial charge in [-0.2, -0.15) is 0 Å². The van der Waals surface area contributed by atoms with Crippen molar-refractivity contribution in [3.8, 4) is 5.75 Å². The van der Waals surface area contributed by atoms with Crippen LogP contribution in [0.2, 0.25) is 0 Å². The van der Waals surface area contributed by atoms with Gasteiger partial charge in [-0.3, -0.25) is 14.5 Å². The van der Waals surface area contributed by atoms with Crippen LogP contribution in [0.1, 0.15) is 89.8 Å². The molecule has 234 valence electrons. The molecule has 0 spiro atoms. The number of aromatic nitrogens is 2. The van der Waals surface area contributed by atoms with Gasteiger partial charge in [0.1, 0.15) is 11.9 Å². The van der Waals surface area contributed by atoms with Crippen molar-refractivity contribution in [1.29, 1.82) is 0 Å². The largest absolute Gasteiger partial charge is 0.492 e. The number of sulfonamides is 1. The number of hydrogen-bond donors (Lipinski definition) is 5. The molecule has 11 nitrogen and oxygen atoms in total. The second kappa shape index (κ2) is 12.1. The molecule has 2 aliphatic rings. The molecule has 2 aromatic rings. The zero-order valence-electron chi connectivity index (χ0n) is 26.4. The van der Waals surface area contributed by atoms with E-state index in [1.165, 1.54) is 30.8 Å². The van der Waals surface area contributed by atoms with E-state index in [0.29, 0.717) is 29.3 Å². The average molecular weight is 613 g/mol. The fraction of sp³-hybridized carbons (Fsp3) is 0.484. The molecule has 43 heavy (non-hydrogen) atoms. The van der Waals surface area contributed by atoms with Gasteiger partial charge in [-0.1, -0.05) is 33.8 Å². The van der Waals surface area contributed by atoms with E-state index >= 15 is 0 Å². The molecule has 0 saturated heterocycles. The lowest BCUT2D eigenvalue weighted by Crippen LogP contribution is -2.43. The van der Waals surface area contributed by atoms with Gasteiger partial charge in [0, 0.05) is 23.4 Å². The number of rotatable bonds is 10. The standard InChI is InChI=1S/C31H45N7O4S/c1-18(2)38-27(16-34-29(38)20-11-12-20)23(32)17-37(33)26-13-21(10-9-19(26)3)30(39)35-24-14-22(31(4,5)6)15-25(28(24)42-7)36-43(8,40)41/h10,13-20,36H,9,11-12,32-33H2,1-8H3,(H,35,39)/p+1. The van der Waals surface area contributed by atoms with Gasteiger partial charge >= 0.3 is 0 Å². The molecule has 0 aliphatic heterocycles. The zero-order chi connectivity index (χ0) is 31.9. The topological polar surface area (TPSA) is 159 Å². The van der Waals surface area contributed by atoms with Crippen molar-refractivity contribution in [2.24, 2.45) is 17.5 Å². The van der Waals surface area contributed by atoms with Crippen LogP contribution in [0.25, 0.3) is 5.70 Å². The van der Waals surface area contributed by atoms with Gasteiger partial charge in [0.15, 0.2) is 11.4 Å². The smallest absolute Gasteiger partial charge is 0.258 e. The van der Waals surface area contributed by atoms with E-state index in [1.54, 1.807) is 24.4 Å². The number of nitrogens with two attached hydrogens (primary N) is 2. The summed E-state index contributed by atoms with van der Waals surface area (Å²) in [6, 6.07) is 3.75. The number of benzene rings is 1. The molecule has 12 heteroatoms. The quantitative estimate of drug-likeness (QED) is 0.151. The summed E-state index contributed by atoms with van der Waals surface area (Å²) in [6.45, 7) is 12.3. The number of nitrogens with zero attached hydrogens (tertiary/aromatic N) is 2. The summed E-state index contributed by atoms with van der Waals surface area (Å²) in [4.78, 5) is 17.0. The molecular formula is C31H46N7O4S+. The SMILES string of the molecule is COc1c(NC(=O)C2=CCC(C)C(N(N)C=C(N)c3c[nH]c(C4CC4)[n+]3C(C)C)=C2)cc(C(C)(C)C)cc1NS(C)(=O)=O. The lowest BCUT2D eigenvalue weighted by Gasteiger charge is -2.27. The average Bonchev–Trinajstić information content (AvgIpc) is 3.64. The van der Waals surface area contributed by atoms with Gasteiger partial charge in [-0.05, 0) is 62.3 Å². The number of methoxy groups -OCH3 is 1. The summed E-state index contributed by atoms with van der Waals surface area (Å²) in [5, 5.41) is 4.42. The Morgan fingerprint density at radius 2 is 1.88 bits per heavy atom. The molecule has 1 fully saturated rings. The number of carbonyl (C=O) groups is 1. The third kappa shape index (κ3) is 7.42. The highest BCUT2D eigenvalue weighted by Crippen LogP contribution is 2.40. The number of hydrazine groups is 1. The van der Waals surface area contributed by atoms with Gasteiger partial charge in [-0.25, -0.2) is 23.8 Å². The fourth-order valence-electron chi connectivity index (χ4n) is 5.27. The van der Waals surface area contributed by atoms with E-state index in [0.717, 1.165) is 23.2 Å². The summed E-state index contributed by atoms with van der Waals surface area (Å²) in [5.74, 6) is 8.13. The summed E-state index contributed by atoms with van der Waals surface area (Å²) in [5.41, 5.74) is 10.2. The molecule has 1 aromatic carbocycles. The second-order valence-electron chi connectivity index (χ2n) is 12.8. The van der Waals surface area contributed by atoms with E-state index < -0.39 is 10.0 Å². The highest BCUT2D eigenvalue weighted by atomic mass is 32.2. The Morgan fingerprint density at radius 3 is 2.44 bits per heavy atom. The number of nitrogens with one attached hydrogen (secondary N) is 3. The van der Waals surface area contributed by atoms with Gasteiger partial charge in [0.2, 0.25) is 10.0 Å². The molecule has 1 unspecified atom stereocenters. The van der Waals surface area contributed by atoms with Crippen LogP contribution in [0.5, 0.6) is 5.75 Å². The van der Waals surface area contributed by atoms with Crippen LogP contribution in [0.3, 0.4) is 0 Å². The van der Waals surface area contributed by atoms with Crippen LogP contribution in [-0.2, 0) is 20.2 Å². The summed E-state index contributed by atoms with van der Waals surface area (Å²) >= 11 is 0. The van der Waals surface area contributed by atoms with Crippen molar-refractivity contribution in [1.82, 2.24) is 9.99 Å². The number of H-pyrrole nitrogens is 1. The highest BCUT2D eigenvalue weighted by Gasteiger charge is 2.36. The minimum absolute atomic E-state index is 0.0420. The number of hydrogen-bond acceptors (Lipinski definition) is 7. The van der Waals surface area contributed by atoms with Crippen molar-refractivity contribution >= 4 is 33.0 Å². The van der Waals surface area contributed by atoms with E-state index in [9.17, 15) is 13.2 Å². The monoisotopic (exact) mass is 612 g/mol. The normalized spacial score (nSPS) is 17.8. The lowest BCUT2D eigenvalue weighted by molar-refractivity contribution is -0.724. The molecule has 1 aromatic heterocycles. The van der Waals surface area contributed by atoms with Crippen molar-refractivity contribution in [2.75, 3.05) is 23.4 Å². The number of amides is 1. The van der Waals surface area contributed by atoms with Crippen LogP contribution in [0, 0.1) is 5.92 Å². The van der Waals surface area contributed by atoms with E-state index in [2.05, 4.69) is 33.4 Å². The Hall–Kier alpha value is -3.77. The number of carbonyl (C=O) groups excluding carboxylic acids is 1. The molecule has 4 rings (SSSR count). The molecule has 2 aliphatic carbocycles. The number of allylic oxidation sites excluding steroid dienone is 2. The van der Waals surface area contributed by atoms with Crippen molar-refractivity contribution < 1.29 is 22.5 Å². The first-order valence-electron chi connectivity index (χ1n) is 14.6. The first-order valence-corrected chi connectivity index (χ1v) is 16.5. The lowest BCUT2D eigenvalue weighted by atomic mass is 9.86. The predicted octanol–water partition coefficient (Wildman–Crippen LogP) is 4.36. The molecule has 1 heterocycles. The zero-order valence-corrected chi connectivity index (χ0v) is 27.2. The van der Waals surface area contributed by atoms with E-state index in [1.807, 2.05) is 40.0 Å². The van der Waals surface area contributed by atoms with Crippen molar-refractivity contribution in [3.63, 3.8) is 0 Å². The second-order valence-corrected chi connectivity index (χ2v) is 14.6. The third-order valence-electron chi connectivity index (χ3n) is 7.69. The van der Waals surface area contributed by atoms with Crippen LogP contribution in [0.15, 0.2) is 48.0 Å². The van der Waals surface area contributed by atoms with Gasteiger partial charge in [0.05, 0.1) is 36.7 Å².